The molecule has 86 valence electrons. The second kappa shape index (κ2) is 4.94. The van der Waals surface area contributed by atoms with Crippen molar-refractivity contribution in [3.63, 3.8) is 0 Å². The molecule has 16 heavy (non-hydrogen) atoms. The molecule has 0 aliphatic carbocycles. The molecule has 0 saturated carbocycles. The van der Waals surface area contributed by atoms with E-state index in [2.05, 4.69) is 22.2 Å². The second-order valence-electron chi connectivity index (χ2n) is 3.96. The Morgan fingerprint density at radius 3 is 2.75 bits per heavy atom. The van der Waals surface area contributed by atoms with Crippen molar-refractivity contribution in [1.82, 2.24) is 14.8 Å². The summed E-state index contributed by atoms with van der Waals surface area (Å²) in [5, 5.41) is 2.83. The highest BCUT2D eigenvalue weighted by molar-refractivity contribution is 5.89. The van der Waals surface area contributed by atoms with Gasteiger partial charge in [-0.25, -0.2) is 4.79 Å². The number of hydrogen-bond donors (Lipinski definition) is 1. The molecule has 2 rings (SSSR count). The number of anilines is 1. The Kier molecular flexibility index (Phi) is 3.36. The molecule has 0 spiro atoms. The van der Waals surface area contributed by atoms with Crippen LogP contribution >= 0.6 is 0 Å². The lowest BCUT2D eigenvalue weighted by atomic mass is 10.3. The SMILES string of the molecule is CN1CCN(C(=O)Nc2cccnc2)CC1. The van der Waals surface area contributed by atoms with Gasteiger partial charge in [-0.1, -0.05) is 0 Å². The number of carbonyl (C=O) groups is 1. The molecule has 1 aliphatic heterocycles. The molecule has 0 aromatic carbocycles. The van der Waals surface area contributed by atoms with Crippen LogP contribution in [0.5, 0.6) is 0 Å². The lowest BCUT2D eigenvalue weighted by molar-refractivity contribution is 0.164. The van der Waals surface area contributed by atoms with Crippen LogP contribution in [0.3, 0.4) is 0 Å². The van der Waals surface area contributed by atoms with E-state index in [1.54, 1.807) is 18.5 Å². The van der Waals surface area contributed by atoms with E-state index in [9.17, 15) is 4.79 Å². The van der Waals surface area contributed by atoms with Crippen molar-refractivity contribution in [2.75, 3.05) is 38.5 Å². The van der Waals surface area contributed by atoms with Crippen molar-refractivity contribution >= 4 is 11.7 Å². The summed E-state index contributed by atoms with van der Waals surface area (Å²) >= 11 is 0. The quantitative estimate of drug-likeness (QED) is 0.763. The number of amides is 2. The lowest BCUT2D eigenvalue weighted by Gasteiger charge is -2.32. The summed E-state index contributed by atoms with van der Waals surface area (Å²) in [4.78, 5) is 19.8. The predicted molar refractivity (Wildman–Crippen MR) is 62.3 cm³/mol. The maximum Gasteiger partial charge on any atom is 0.321 e. The average molecular weight is 220 g/mol. The number of pyridine rings is 1. The van der Waals surface area contributed by atoms with Gasteiger partial charge in [0, 0.05) is 32.4 Å². The number of carbonyl (C=O) groups excluding carboxylic acids is 1. The molecule has 1 N–H and O–H groups in total. The first-order chi connectivity index (χ1) is 7.75. The van der Waals surface area contributed by atoms with Crippen molar-refractivity contribution in [3.8, 4) is 0 Å². The molecule has 1 saturated heterocycles. The van der Waals surface area contributed by atoms with Crippen molar-refractivity contribution < 1.29 is 4.79 Å². The predicted octanol–water partition coefficient (Wildman–Crippen LogP) is 0.861. The fraction of sp³-hybridized carbons (Fsp3) is 0.455. The topological polar surface area (TPSA) is 48.5 Å². The number of nitrogens with zero attached hydrogens (tertiary/aromatic N) is 3. The Morgan fingerprint density at radius 2 is 2.12 bits per heavy atom. The lowest BCUT2D eigenvalue weighted by Crippen LogP contribution is -2.48. The minimum absolute atomic E-state index is 0.0406. The normalized spacial score (nSPS) is 17.2. The Labute approximate surface area is 95.1 Å². The van der Waals surface area contributed by atoms with Crippen LogP contribution in [0.15, 0.2) is 24.5 Å². The molecule has 2 amide bonds. The van der Waals surface area contributed by atoms with Crippen molar-refractivity contribution in [1.29, 1.82) is 0 Å². The highest BCUT2D eigenvalue weighted by atomic mass is 16.2. The van der Waals surface area contributed by atoms with Gasteiger partial charge in [-0.2, -0.15) is 0 Å². The van der Waals surface area contributed by atoms with E-state index in [1.807, 2.05) is 11.0 Å². The fourth-order valence-electron chi connectivity index (χ4n) is 1.65. The zero-order valence-electron chi connectivity index (χ0n) is 9.39. The van der Waals surface area contributed by atoms with Gasteiger partial charge in [-0.3, -0.25) is 4.98 Å². The van der Waals surface area contributed by atoms with Gasteiger partial charge in [0.15, 0.2) is 0 Å². The largest absolute Gasteiger partial charge is 0.322 e. The summed E-state index contributed by atoms with van der Waals surface area (Å²) in [5.41, 5.74) is 0.742. The number of nitrogens with one attached hydrogen (secondary N) is 1. The van der Waals surface area contributed by atoms with Gasteiger partial charge in [-0.15, -0.1) is 0 Å². The first-order valence-corrected chi connectivity index (χ1v) is 5.40. The second-order valence-corrected chi connectivity index (χ2v) is 3.96. The summed E-state index contributed by atoms with van der Waals surface area (Å²) in [6.45, 7) is 3.42. The van der Waals surface area contributed by atoms with Crippen LogP contribution < -0.4 is 5.32 Å². The summed E-state index contributed by atoms with van der Waals surface area (Å²) in [7, 11) is 2.07. The van der Waals surface area contributed by atoms with Crippen molar-refractivity contribution in [2.24, 2.45) is 0 Å². The number of rotatable bonds is 1. The van der Waals surface area contributed by atoms with Gasteiger partial charge in [0.1, 0.15) is 0 Å². The zero-order valence-corrected chi connectivity index (χ0v) is 9.39. The van der Waals surface area contributed by atoms with Gasteiger partial charge in [0.25, 0.3) is 0 Å². The van der Waals surface area contributed by atoms with Gasteiger partial charge in [0.05, 0.1) is 11.9 Å². The molecule has 2 heterocycles. The summed E-state index contributed by atoms with van der Waals surface area (Å²) < 4.78 is 0. The summed E-state index contributed by atoms with van der Waals surface area (Å²) in [6.07, 6.45) is 3.33. The standard InChI is InChI=1S/C11H16N4O/c1-14-5-7-15(8-6-14)11(16)13-10-3-2-4-12-9-10/h2-4,9H,5-8H2,1H3,(H,13,16). The van der Waals surface area contributed by atoms with Gasteiger partial charge in [-0.05, 0) is 19.2 Å². The fourth-order valence-corrected chi connectivity index (χ4v) is 1.65. The Morgan fingerprint density at radius 1 is 1.38 bits per heavy atom. The summed E-state index contributed by atoms with van der Waals surface area (Å²) in [6, 6.07) is 3.60. The molecule has 0 unspecified atom stereocenters. The van der Waals surface area contributed by atoms with Crippen molar-refractivity contribution in [3.05, 3.63) is 24.5 Å². The maximum absolute atomic E-state index is 11.8. The molecule has 5 nitrogen and oxygen atoms in total. The van der Waals surface area contributed by atoms with E-state index in [0.717, 1.165) is 31.9 Å². The number of hydrogen-bond acceptors (Lipinski definition) is 3. The van der Waals surface area contributed by atoms with E-state index in [4.69, 9.17) is 0 Å². The van der Waals surface area contributed by atoms with Gasteiger partial charge in [0.2, 0.25) is 0 Å². The Hall–Kier alpha value is -1.62. The number of aromatic nitrogens is 1. The van der Waals surface area contributed by atoms with Gasteiger partial charge >= 0.3 is 6.03 Å². The third-order valence-corrected chi connectivity index (χ3v) is 2.70. The van der Waals surface area contributed by atoms with Crippen molar-refractivity contribution in [2.45, 2.75) is 0 Å². The highest BCUT2D eigenvalue weighted by Crippen LogP contribution is 2.06. The molecule has 1 fully saturated rings. The third-order valence-electron chi connectivity index (χ3n) is 2.70. The molecule has 1 aliphatic rings. The summed E-state index contributed by atoms with van der Waals surface area (Å²) in [5.74, 6) is 0. The van der Waals surface area contributed by atoms with Crippen LogP contribution in [-0.4, -0.2) is 54.0 Å². The highest BCUT2D eigenvalue weighted by Gasteiger charge is 2.18. The Balaban J connectivity index is 1.89. The number of piperazine rings is 1. The van der Waals surface area contributed by atoms with E-state index < -0.39 is 0 Å². The minimum atomic E-state index is -0.0406. The minimum Gasteiger partial charge on any atom is -0.322 e. The third kappa shape index (κ3) is 2.70. The van der Waals surface area contributed by atoms with Crippen LogP contribution in [-0.2, 0) is 0 Å². The van der Waals surface area contributed by atoms with Crippen LogP contribution in [0.1, 0.15) is 0 Å². The molecule has 1 aromatic heterocycles. The number of urea groups is 1. The molecular weight excluding hydrogens is 204 g/mol. The van der Waals surface area contributed by atoms with Crippen LogP contribution in [0, 0.1) is 0 Å². The molecule has 0 atom stereocenters. The average Bonchev–Trinajstić information content (AvgIpc) is 2.31. The molecule has 5 heteroatoms. The molecule has 0 bridgehead atoms. The van der Waals surface area contributed by atoms with Gasteiger partial charge < -0.3 is 15.1 Å². The van der Waals surface area contributed by atoms with E-state index in [1.165, 1.54) is 0 Å². The van der Waals surface area contributed by atoms with E-state index in [-0.39, 0.29) is 6.03 Å². The monoisotopic (exact) mass is 220 g/mol. The van der Waals surface area contributed by atoms with E-state index in [0.29, 0.717) is 0 Å². The smallest absolute Gasteiger partial charge is 0.321 e. The van der Waals surface area contributed by atoms with Crippen LogP contribution in [0.4, 0.5) is 10.5 Å². The molecule has 0 radical (unpaired) electrons. The van der Waals surface area contributed by atoms with E-state index >= 15 is 0 Å². The zero-order chi connectivity index (χ0) is 11.4. The van der Waals surface area contributed by atoms with Crippen LogP contribution in [0.2, 0.25) is 0 Å². The number of likely N-dealkylation sites (N-methyl/N-ethyl adjacent to an activating group) is 1. The first kappa shape index (κ1) is 10.9. The molecule has 1 aromatic rings. The maximum atomic E-state index is 11.8. The molecular formula is C11H16N4O. The first-order valence-electron chi connectivity index (χ1n) is 5.40. The Bertz CT molecular complexity index is 346. The van der Waals surface area contributed by atoms with Crippen LogP contribution in [0.25, 0.3) is 0 Å².